The Kier molecular flexibility index (Phi) is 6.16. The summed E-state index contributed by atoms with van der Waals surface area (Å²) in [6.07, 6.45) is 0.582. The number of hydrogen-bond donors (Lipinski definition) is 1. The standard InChI is InChI=1S/C17H18O2.C2H6/c1-4-13(17(18)19)15-10-6-8-12-7-5-9-14(11(2)3)16(12)15;1-2/h5-10,13H,2,4H2,1,3H3,(H,18,19);1-2H3. The van der Waals surface area contributed by atoms with Gasteiger partial charge in [0, 0.05) is 0 Å². The summed E-state index contributed by atoms with van der Waals surface area (Å²) in [5, 5.41) is 11.5. The number of carboxylic acids is 1. The number of allylic oxidation sites excluding steroid dienone is 1. The Morgan fingerprint density at radius 1 is 1.19 bits per heavy atom. The van der Waals surface area contributed by atoms with Crippen LogP contribution in [0.25, 0.3) is 16.3 Å². The van der Waals surface area contributed by atoms with E-state index < -0.39 is 11.9 Å². The van der Waals surface area contributed by atoms with Gasteiger partial charge in [-0.05, 0) is 35.2 Å². The fraction of sp³-hybridized carbons (Fsp3) is 0.316. The molecule has 2 rings (SSSR count). The molecule has 0 aliphatic rings. The summed E-state index contributed by atoms with van der Waals surface area (Å²) < 4.78 is 0. The smallest absolute Gasteiger partial charge is 0.310 e. The molecule has 0 spiro atoms. The normalized spacial score (nSPS) is 11.4. The monoisotopic (exact) mass is 284 g/mol. The molecule has 0 heterocycles. The minimum atomic E-state index is -0.772. The molecule has 1 N–H and O–H groups in total. The molecule has 1 unspecified atom stereocenters. The molecule has 21 heavy (non-hydrogen) atoms. The van der Waals surface area contributed by atoms with Gasteiger partial charge in [-0.15, -0.1) is 0 Å². The Labute approximate surface area is 127 Å². The average molecular weight is 284 g/mol. The highest BCUT2D eigenvalue weighted by Crippen LogP contribution is 2.33. The van der Waals surface area contributed by atoms with Crippen LogP contribution in [-0.4, -0.2) is 11.1 Å². The average Bonchev–Trinajstić information content (AvgIpc) is 2.49. The number of carbonyl (C=O) groups is 1. The van der Waals surface area contributed by atoms with Crippen molar-refractivity contribution in [3.63, 3.8) is 0 Å². The van der Waals surface area contributed by atoms with E-state index in [1.165, 1.54) is 0 Å². The van der Waals surface area contributed by atoms with Gasteiger partial charge in [-0.3, -0.25) is 4.79 Å². The van der Waals surface area contributed by atoms with E-state index in [1.807, 2.05) is 64.1 Å². The second-order valence-corrected chi connectivity index (χ2v) is 4.83. The molecule has 0 aliphatic carbocycles. The number of benzene rings is 2. The van der Waals surface area contributed by atoms with Gasteiger partial charge in [0.25, 0.3) is 0 Å². The summed E-state index contributed by atoms with van der Waals surface area (Å²) in [4.78, 5) is 11.4. The number of hydrogen-bond acceptors (Lipinski definition) is 1. The second kappa shape index (κ2) is 7.63. The van der Waals surface area contributed by atoms with Crippen LogP contribution in [0.3, 0.4) is 0 Å². The van der Waals surface area contributed by atoms with Gasteiger partial charge in [0.2, 0.25) is 0 Å². The Morgan fingerprint density at radius 3 is 2.24 bits per heavy atom. The van der Waals surface area contributed by atoms with Gasteiger partial charge in [0.15, 0.2) is 0 Å². The molecular weight excluding hydrogens is 260 g/mol. The van der Waals surface area contributed by atoms with E-state index in [2.05, 4.69) is 6.58 Å². The van der Waals surface area contributed by atoms with Gasteiger partial charge in [-0.25, -0.2) is 0 Å². The topological polar surface area (TPSA) is 37.3 Å². The lowest BCUT2D eigenvalue weighted by Crippen LogP contribution is -2.11. The van der Waals surface area contributed by atoms with Gasteiger partial charge in [0.1, 0.15) is 0 Å². The lowest BCUT2D eigenvalue weighted by molar-refractivity contribution is -0.138. The zero-order valence-corrected chi connectivity index (χ0v) is 13.3. The summed E-state index contributed by atoms with van der Waals surface area (Å²) in [6.45, 7) is 11.9. The highest BCUT2D eigenvalue weighted by Gasteiger charge is 2.21. The van der Waals surface area contributed by atoms with Crippen LogP contribution >= 0.6 is 0 Å². The maximum Gasteiger partial charge on any atom is 0.310 e. The van der Waals surface area contributed by atoms with E-state index >= 15 is 0 Å². The van der Waals surface area contributed by atoms with Crippen LogP contribution in [0.15, 0.2) is 43.0 Å². The van der Waals surface area contributed by atoms with E-state index in [4.69, 9.17) is 0 Å². The van der Waals surface area contributed by atoms with Crippen LogP contribution in [0.4, 0.5) is 0 Å². The van der Waals surface area contributed by atoms with Crippen molar-refractivity contribution in [3.8, 4) is 0 Å². The zero-order valence-electron chi connectivity index (χ0n) is 13.3. The SMILES string of the molecule is C=C(C)c1cccc2cccc(C(CC)C(=O)O)c12.CC. The third kappa shape index (κ3) is 3.52. The largest absolute Gasteiger partial charge is 0.481 e. The highest BCUT2D eigenvalue weighted by molar-refractivity contribution is 5.98. The maximum absolute atomic E-state index is 11.4. The molecule has 0 fully saturated rings. The summed E-state index contributed by atoms with van der Waals surface area (Å²) in [7, 11) is 0. The molecule has 0 aliphatic heterocycles. The number of fused-ring (bicyclic) bond motifs is 1. The Hall–Kier alpha value is -2.09. The first-order valence-electron chi connectivity index (χ1n) is 7.46. The Morgan fingerprint density at radius 2 is 1.76 bits per heavy atom. The zero-order chi connectivity index (χ0) is 16.0. The summed E-state index contributed by atoms with van der Waals surface area (Å²) >= 11 is 0. The highest BCUT2D eigenvalue weighted by atomic mass is 16.4. The van der Waals surface area contributed by atoms with Crippen LogP contribution in [0, 0.1) is 0 Å². The lowest BCUT2D eigenvalue weighted by Gasteiger charge is -2.16. The molecule has 0 amide bonds. The molecule has 2 nitrogen and oxygen atoms in total. The molecule has 2 aromatic rings. The first kappa shape index (κ1) is 17.0. The molecule has 0 saturated carbocycles. The van der Waals surface area contributed by atoms with Crippen LogP contribution in [0.5, 0.6) is 0 Å². The van der Waals surface area contributed by atoms with Gasteiger partial charge >= 0.3 is 5.97 Å². The van der Waals surface area contributed by atoms with Crippen molar-refractivity contribution in [3.05, 3.63) is 54.1 Å². The summed E-state index contributed by atoms with van der Waals surface area (Å²) in [5.41, 5.74) is 2.87. The molecule has 0 aromatic heterocycles. The number of rotatable bonds is 4. The predicted molar refractivity (Wildman–Crippen MR) is 90.7 cm³/mol. The Balaban J connectivity index is 0.00000106. The van der Waals surface area contributed by atoms with Gasteiger partial charge in [-0.1, -0.05) is 69.3 Å². The van der Waals surface area contributed by atoms with Crippen molar-refractivity contribution < 1.29 is 9.90 Å². The first-order valence-corrected chi connectivity index (χ1v) is 7.46. The number of aliphatic carboxylic acids is 1. The molecule has 0 bridgehead atoms. The van der Waals surface area contributed by atoms with Crippen molar-refractivity contribution in [1.29, 1.82) is 0 Å². The maximum atomic E-state index is 11.4. The third-order valence-electron chi connectivity index (χ3n) is 3.48. The van der Waals surface area contributed by atoms with Crippen LogP contribution in [0.1, 0.15) is 51.2 Å². The summed E-state index contributed by atoms with van der Waals surface area (Å²) in [6, 6.07) is 11.8. The molecule has 112 valence electrons. The van der Waals surface area contributed by atoms with Gasteiger partial charge in [-0.2, -0.15) is 0 Å². The van der Waals surface area contributed by atoms with E-state index in [1.54, 1.807) is 0 Å². The molecular formula is C19H24O2. The van der Waals surface area contributed by atoms with E-state index in [0.29, 0.717) is 6.42 Å². The Bertz CT molecular complexity index is 636. The van der Waals surface area contributed by atoms with Crippen molar-refractivity contribution in [2.45, 2.75) is 40.0 Å². The molecule has 0 radical (unpaired) electrons. The summed E-state index contributed by atoms with van der Waals surface area (Å²) in [5.74, 6) is -1.24. The predicted octanol–water partition coefficient (Wildman–Crippen LogP) is 5.48. The number of carboxylic acid groups (broad SMARTS) is 1. The van der Waals surface area contributed by atoms with Crippen molar-refractivity contribution >= 4 is 22.3 Å². The van der Waals surface area contributed by atoms with Crippen molar-refractivity contribution in [1.82, 2.24) is 0 Å². The van der Waals surface area contributed by atoms with Crippen LogP contribution in [-0.2, 0) is 4.79 Å². The minimum Gasteiger partial charge on any atom is -0.481 e. The van der Waals surface area contributed by atoms with Crippen molar-refractivity contribution in [2.24, 2.45) is 0 Å². The van der Waals surface area contributed by atoms with Gasteiger partial charge < -0.3 is 5.11 Å². The molecule has 1 atom stereocenters. The molecule has 2 aromatic carbocycles. The quantitative estimate of drug-likeness (QED) is 0.807. The van der Waals surface area contributed by atoms with E-state index in [0.717, 1.165) is 27.5 Å². The van der Waals surface area contributed by atoms with Crippen LogP contribution in [0.2, 0.25) is 0 Å². The van der Waals surface area contributed by atoms with E-state index in [9.17, 15) is 9.90 Å². The van der Waals surface area contributed by atoms with Crippen molar-refractivity contribution in [2.75, 3.05) is 0 Å². The molecule has 2 heteroatoms. The third-order valence-corrected chi connectivity index (χ3v) is 3.48. The second-order valence-electron chi connectivity index (χ2n) is 4.83. The van der Waals surface area contributed by atoms with E-state index in [-0.39, 0.29) is 0 Å². The first-order chi connectivity index (χ1) is 10.1. The fourth-order valence-corrected chi connectivity index (χ4v) is 2.54. The minimum absolute atomic E-state index is 0.468. The molecule has 0 saturated heterocycles. The van der Waals surface area contributed by atoms with Crippen LogP contribution < -0.4 is 0 Å². The van der Waals surface area contributed by atoms with Gasteiger partial charge in [0.05, 0.1) is 5.92 Å². The lowest BCUT2D eigenvalue weighted by atomic mass is 9.88. The fourth-order valence-electron chi connectivity index (χ4n) is 2.54.